The van der Waals surface area contributed by atoms with Crippen LogP contribution in [-0.4, -0.2) is 10.1 Å². The van der Waals surface area contributed by atoms with Crippen LogP contribution in [-0.2, 0) is 6.61 Å². The first-order chi connectivity index (χ1) is 4.36. The molecule has 0 spiro atoms. The summed E-state index contributed by atoms with van der Waals surface area (Å²) in [6.45, 7) is -0.0215. The Kier molecular flexibility index (Phi) is 1.83. The number of terminal acetylenes is 1. The number of aliphatic hydroxyl groups excluding tert-OH is 1. The summed E-state index contributed by atoms with van der Waals surface area (Å²) >= 11 is 1.34. The molecule has 46 valence electrons. The molecule has 0 aromatic carbocycles. The normalized spacial score (nSPS) is 8.89. The lowest BCUT2D eigenvalue weighted by atomic mass is 10.6. The van der Waals surface area contributed by atoms with Crippen molar-refractivity contribution in [3.8, 4) is 12.3 Å². The van der Waals surface area contributed by atoms with Gasteiger partial charge in [0.2, 0.25) is 0 Å². The maximum Gasteiger partial charge on any atom is 0.119 e. The van der Waals surface area contributed by atoms with Crippen LogP contribution in [0.25, 0.3) is 0 Å². The summed E-state index contributed by atoms with van der Waals surface area (Å²) in [4.78, 5) is 4.59. The van der Waals surface area contributed by atoms with E-state index >= 15 is 0 Å². The van der Waals surface area contributed by atoms with E-state index in [4.69, 9.17) is 11.5 Å². The number of nitrogens with zero attached hydrogens (tertiary/aromatic N) is 1. The number of rotatable bonds is 1. The van der Waals surface area contributed by atoms with Crippen LogP contribution in [0.2, 0.25) is 0 Å². The van der Waals surface area contributed by atoms with E-state index in [0.29, 0.717) is 5.01 Å². The topological polar surface area (TPSA) is 33.1 Å². The molecule has 2 nitrogen and oxygen atoms in total. The van der Waals surface area contributed by atoms with E-state index in [1.54, 1.807) is 6.20 Å². The quantitative estimate of drug-likeness (QED) is 0.578. The van der Waals surface area contributed by atoms with Crippen LogP contribution in [0.5, 0.6) is 0 Å². The number of hydrogen-bond acceptors (Lipinski definition) is 3. The summed E-state index contributed by atoms with van der Waals surface area (Å²) in [5, 5.41) is 9.20. The number of hydrogen-bond donors (Lipinski definition) is 1. The van der Waals surface area contributed by atoms with Crippen LogP contribution < -0.4 is 0 Å². The average molecular weight is 139 g/mol. The molecule has 0 saturated carbocycles. The highest BCUT2D eigenvalue weighted by Gasteiger charge is 1.94. The third kappa shape index (κ3) is 1.28. The van der Waals surface area contributed by atoms with Crippen molar-refractivity contribution < 1.29 is 5.11 Å². The average Bonchev–Trinajstić information content (AvgIpc) is 2.34. The smallest absolute Gasteiger partial charge is 0.119 e. The molecular weight excluding hydrogens is 134 g/mol. The first-order valence-corrected chi connectivity index (χ1v) is 3.20. The molecule has 1 rings (SSSR count). The fraction of sp³-hybridized carbons (Fsp3) is 0.167. The van der Waals surface area contributed by atoms with Crippen LogP contribution in [0.4, 0.5) is 0 Å². The highest BCUT2D eigenvalue weighted by Crippen LogP contribution is 2.10. The molecule has 0 fully saturated rings. The van der Waals surface area contributed by atoms with Gasteiger partial charge in [0.15, 0.2) is 0 Å². The zero-order chi connectivity index (χ0) is 6.69. The van der Waals surface area contributed by atoms with Crippen molar-refractivity contribution in [3.05, 3.63) is 16.1 Å². The van der Waals surface area contributed by atoms with Gasteiger partial charge < -0.3 is 5.11 Å². The molecule has 0 amide bonds. The summed E-state index contributed by atoms with van der Waals surface area (Å²) in [6, 6.07) is 0. The Morgan fingerprint density at radius 3 is 3.00 bits per heavy atom. The van der Waals surface area contributed by atoms with Gasteiger partial charge in [-0.3, -0.25) is 0 Å². The lowest BCUT2D eigenvalue weighted by Gasteiger charge is -1.78. The summed E-state index contributed by atoms with van der Waals surface area (Å²) in [6.07, 6.45) is 6.64. The second kappa shape index (κ2) is 2.62. The van der Waals surface area contributed by atoms with Gasteiger partial charge in [-0.15, -0.1) is 17.8 Å². The van der Waals surface area contributed by atoms with Gasteiger partial charge in [-0.05, 0) is 0 Å². The van der Waals surface area contributed by atoms with Crippen molar-refractivity contribution in [1.82, 2.24) is 4.98 Å². The van der Waals surface area contributed by atoms with E-state index in [9.17, 15) is 0 Å². The molecule has 1 aromatic heterocycles. The van der Waals surface area contributed by atoms with Gasteiger partial charge in [0.1, 0.15) is 5.01 Å². The highest BCUT2D eigenvalue weighted by molar-refractivity contribution is 7.12. The van der Waals surface area contributed by atoms with Gasteiger partial charge in [-0.1, -0.05) is 5.92 Å². The first kappa shape index (κ1) is 6.27. The summed E-state index contributed by atoms with van der Waals surface area (Å²) < 4.78 is 0. The van der Waals surface area contributed by atoms with Gasteiger partial charge in [-0.25, -0.2) is 4.98 Å². The van der Waals surface area contributed by atoms with E-state index < -0.39 is 0 Å². The van der Waals surface area contributed by atoms with Crippen LogP contribution in [0, 0.1) is 12.3 Å². The molecule has 0 aliphatic heterocycles. The molecule has 0 aliphatic carbocycles. The van der Waals surface area contributed by atoms with Gasteiger partial charge in [0.05, 0.1) is 17.7 Å². The second-order valence-electron chi connectivity index (χ2n) is 1.42. The van der Waals surface area contributed by atoms with Crippen LogP contribution >= 0.6 is 11.3 Å². The standard InChI is InChI=1S/C6H5NOS/c1-2-5-3-7-6(4-8)9-5/h1,3,8H,4H2. The molecule has 1 aromatic rings. The lowest BCUT2D eigenvalue weighted by Crippen LogP contribution is -1.75. The van der Waals surface area contributed by atoms with Gasteiger partial charge in [0, 0.05) is 0 Å². The zero-order valence-electron chi connectivity index (χ0n) is 4.66. The number of aliphatic hydroxyl groups is 1. The predicted octanol–water partition coefficient (Wildman–Crippen LogP) is 0.617. The maximum absolute atomic E-state index is 8.53. The molecule has 0 unspecified atom stereocenters. The highest BCUT2D eigenvalue weighted by atomic mass is 32.1. The van der Waals surface area contributed by atoms with Gasteiger partial charge in [-0.2, -0.15) is 0 Å². The largest absolute Gasteiger partial charge is 0.389 e. The van der Waals surface area contributed by atoms with Crippen molar-refractivity contribution in [1.29, 1.82) is 0 Å². The maximum atomic E-state index is 8.53. The van der Waals surface area contributed by atoms with E-state index in [1.807, 2.05) is 0 Å². The third-order valence-electron chi connectivity index (χ3n) is 0.831. The number of thiazole rings is 1. The van der Waals surface area contributed by atoms with Crippen molar-refractivity contribution in [3.63, 3.8) is 0 Å². The SMILES string of the molecule is C#Cc1cnc(CO)s1. The molecule has 0 bridgehead atoms. The molecule has 0 radical (unpaired) electrons. The van der Waals surface area contributed by atoms with Crippen molar-refractivity contribution in [2.24, 2.45) is 0 Å². The Bertz CT molecular complexity index is 235. The van der Waals surface area contributed by atoms with Gasteiger partial charge in [0.25, 0.3) is 0 Å². The van der Waals surface area contributed by atoms with E-state index in [-0.39, 0.29) is 6.61 Å². The minimum Gasteiger partial charge on any atom is -0.389 e. The van der Waals surface area contributed by atoms with Crippen molar-refractivity contribution >= 4 is 11.3 Å². The van der Waals surface area contributed by atoms with Crippen LogP contribution in [0.3, 0.4) is 0 Å². The Morgan fingerprint density at radius 2 is 2.67 bits per heavy atom. The summed E-state index contributed by atoms with van der Waals surface area (Å²) in [7, 11) is 0. The predicted molar refractivity (Wildman–Crippen MR) is 36.0 cm³/mol. The molecule has 9 heavy (non-hydrogen) atoms. The Morgan fingerprint density at radius 1 is 1.89 bits per heavy atom. The number of aromatic nitrogens is 1. The monoisotopic (exact) mass is 139 g/mol. The minimum atomic E-state index is -0.0215. The van der Waals surface area contributed by atoms with E-state index in [0.717, 1.165) is 4.88 Å². The summed E-state index contributed by atoms with van der Waals surface area (Å²) in [5.74, 6) is 2.43. The fourth-order valence-corrected chi connectivity index (χ4v) is 1.04. The third-order valence-corrected chi connectivity index (χ3v) is 1.74. The molecular formula is C6H5NOS. The summed E-state index contributed by atoms with van der Waals surface area (Å²) in [5.41, 5.74) is 0. The van der Waals surface area contributed by atoms with E-state index in [1.165, 1.54) is 11.3 Å². The zero-order valence-corrected chi connectivity index (χ0v) is 5.48. The van der Waals surface area contributed by atoms with Crippen molar-refractivity contribution in [2.45, 2.75) is 6.61 Å². The fourth-order valence-electron chi connectivity index (χ4n) is 0.450. The van der Waals surface area contributed by atoms with E-state index in [2.05, 4.69) is 10.9 Å². The molecule has 0 aliphatic rings. The van der Waals surface area contributed by atoms with Crippen LogP contribution in [0.15, 0.2) is 6.20 Å². The lowest BCUT2D eigenvalue weighted by molar-refractivity contribution is 0.281. The second-order valence-corrected chi connectivity index (χ2v) is 2.54. The van der Waals surface area contributed by atoms with Crippen LogP contribution in [0.1, 0.15) is 9.88 Å². The van der Waals surface area contributed by atoms with Gasteiger partial charge >= 0.3 is 0 Å². The van der Waals surface area contributed by atoms with Crippen molar-refractivity contribution in [2.75, 3.05) is 0 Å². The molecule has 1 heterocycles. The Balaban J connectivity index is 2.90. The molecule has 0 atom stereocenters. The molecule has 0 saturated heterocycles. The molecule has 1 N–H and O–H groups in total. The first-order valence-electron chi connectivity index (χ1n) is 2.39. The molecule has 3 heteroatoms. The minimum absolute atomic E-state index is 0.0215. The Labute approximate surface area is 57.2 Å². The Hall–Kier alpha value is -0.850.